The van der Waals surface area contributed by atoms with Crippen molar-refractivity contribution in [2.24, 2.45) is 0 Å². The van der Waals surface area contributed by atoms with Gasteiger partial charge in [-0.3, -0.25) is 13.9 Å². The van der Waals surface area contributed by atoms with Gasteiger partial charge in [-0.15, -0.1) is 0 Å². The number of nitrogens with one attached hydrogen (secondary N) is 1. The van der Waals surface area contributed by atoms with Crippen LogP contribution in [0, 0.1) is 13.8 Å². The molecule has 0 saturated carbocycles. The van der Waals surface area contributed by atoms with E-state index in [0.717, 1.165) is 33.8 Å². The zero-order chi connectivity index (χ0) is 28.6. The molecule has 0 aliphatic rings. The maximum absolute atomic E-state index is 14.0. The Morgan fingerprint density at radius 2 is 1.62 bits per heavy atom. The smallest absolute Gasteiger partial charge is 0.264 e. The summed E-state index contributed by atoms with van der Waals surface area (Å²) in [6.45, 7) is 7.55. The molecular weight excluding hydrogens is 534 g/mol. The lowest BCUT2D eigenvalue weighted by Crippen LogP contribution is -2.51. The number of unbranched alkanes of at least 4 members (excludes halogenated alkanes) is 1. The molecule has 1 N–H and O–H groups in total. The first kappa shape index (κ1) is 30.2. The Bertz CT molecular complexity index is 1380. The summed E-state index contributed by atoms with van der Waals surface area (Å²) in [5.74, 6) is -0.793. The number of sulfonamides is 1. The molecule has 0 aromatic heterocycles. The summed E-state index contributed by atoms with van der Waals surface area (Å²) in [7, 11) is -4.10. The van der Waals surface area contributed by atoms with Crippen molar-refractivity contribution in [2.75, 3.05) is 17.4 Å². The van der Waals surface area contributed by atoms with Gasteiger partial charge in [-0.25, -0.2) is 8.42 Å². The molecule has 1 atom stereocenters. The number of benzene rings is 3. The van der Waals surface area contributed by atoms with Crippen molar-refractivity contribution in [3.05, 3.63) is 94.5 Å². The van der Waals surface area contributed by atoms with E-state index >= 15 is 0 Å². The topological polar surface area (TPSA) is 86.8 Å². The molecule has 2 amide bonds. The molecule has 0 unspecified atom stereocenters. The van der Waals surface area contributed by atoms with Crippen molar-refractivity contribution >= 4 is 39.1 Å². The average molecular weight is 570 g/mol. The molecule has 3 rings (SSSR count). The maximum atomic E-state index is 14.0. The van der Waals surface area contributed by atoms with Gasteiger partial charge in [0.25, 0.3) is 10.0 Å². The second-order valence-electron chi connectivity index (χ2n) is 9.51. The van der Waals surface area contributed by atoms with Gasteiger partial charge >= 0.3 is 0 Å². The lowest BCUT2D eigenvalue weighted by molar-refractivity contribution is -0.139. The molecule has 0 saturated heterocycles. The summed E-state index contributed by atoms with van der Waals surface area (Å²) in [5, 5.41) is 3.44. The molecule has 0 bridgehead atoms. The number of carbonyl (C=O) groups is 2. The van der Waals surface area contributed by atoms with Gasteiger partial charge < -0.3 is 10.2 Å². The van der Waals surface area contributed by atoms with E-state index in [0.29, 0.717) is 17.3 Å². The number of nitrogens with zero attached hydrogens (tertiary/aromatic N) is 2. The average Bonchev–Trinajstić information content (AvgIpc) is 2.93. The highest BCUT2D eigenvalue weighted by Gasteiger charge is 2.33. The number of carbonyl (C=O) groups excluding carboxylic acids is 2. The van der Waals surface area contributed by atoms with Gasteiger partial charge in [-0.05, 0) is 74.2 Å². The normalized spacial score (nSPS) is 12.0. The fourth-order valence-corrected chi connectivity index (χ4v) is 5.76. The zero-order valence-electron chi connectivity index (χ0n) is 22.9. The first-order valence-electron chi connectivity index (χ1n) is 13.0. The molecule has 39 heavy (non-hydrogen) atoms. The highest BCUT2D eigenvalue weighted by atomic mass is 35.5. The molecule has 7 nitrogen and oxygen atoms in total. The van der Waals surface area contributed by atoms with Crippen molar-refractivity contribution in [1.82, 2.24) is 10.2 Å². The minimum atomic E-state index is -4.10. The lowest BCUT2D eigenvalue weighted by Gasteiger charge is -2.32. The van der Waals surface area contributed by atoms with Gasteiger partial charge in [-0.2, -0.15) is 0 Å². The Kier molecular flexibility index (Phi) is 10.5. The van der Waals surface area contributed by atoms with Crippen molar-refractivity contribution in [3.8, 4) is 0 Å². The fourth-order valence-electron chi connectivity index (χ4n) is 4.14. The Morgan fingerprint density at radius 1 is 0.949 bits per heavy atom. The van der Waals surface area contributed by atoms with Gasteiger partial charge in [0.15, 0.2) is 0 Å². The second-order valence-corrected chi connectivity index (χ2v) is 11.8. The zero-order valence-corrected chi connectivity index (χ0v) is 24.4. The molecule has 0 heterocycles. The van der Waals surface area contributed by atoms with E-state index in [4.69, 9.17) is 11.6 Å². The highest BCUT2D eigenvalue weighted by Crippen LogP contribution is 2.29. The summed E-state index contributed by atoms with van der Waals surface area (Å²) in [4.78, 5) is 28.5. The molecule has 0 aliphatic heterocycles. The molecule has 3 aromatic carbocycles. The maximum Gasteiger partial charge on any atom is 0.264 e. The number of amides is 2. The van der Waals surface area contributed by atoms with Crippen molar-refractivity contribution in [2.45, 2.75) is 58.0 Å². The highest BCUT2D eigenvalue weighted by molar-refractivity contribution is 7.92. The van der Waals surface area contributed by atoms with Gasteiger partial charge in [0.05, 0.1) is 10.6 Å². The van der Waals surface area contributed by atoms with Crippen LogP contribution in [-0.4, -0.2) is 44.3 Å². The number of rotatable bonds is 12. The SMILES string of the molecule is CCCCNC(=O)[C@@H](C)N(Cc1ccc(Cl)cc1)C(=O)CN(c1cccc(C)c1C)S(=O)(=O)c1ccccc1. The van der Waals surface area contributed by atoms with Gasteiger partial charge in [-0.1, -0.05) is 67.4 Å². The lowest BCUT2D eigenvalue weighted by atomic mass is 10.1. The van der Waals surface area contributed by atoms with E-state index < -0.39 is 28.5 Å². The van der Waals surface area contributed by atoms with Crippen LogP contribution in [0.3, 0.4) is 0 Å². The Hall–Kier alpha value is -3.36. The van der Waals surface area contributed by atoms with E-state index in [1.54, 1.807) is 61.5 Å². The molecule has 0 radical (unpaired) electrons. The summed E-state index contributed by atoms with van der Waals surface area (Å²) >= 11 is 6.05. The first-order chi connectivity index (χ1) is 18.6. The number of anilines is 1. The standard InChI is InChI=1S/C30H36ClN3O4S/c1-5-6-19-32-30(36)24(4)33(20-25-15-17-26(31)18-16-25)29(35)21-34(28-14-10-11-22(2)23(28)3)39(37,38)27-12-8-7-9-13-27/h7-18,24H,5-6,19-21H2,1-4H3,(H,32,36)/t24-/m1/s1. The van der Waals surface area contributed by atoms with E-state index in [-0.39, 0.29) is 17.3 Å². The van der Waals surface area contributed by atoms with Crippen LogP contribution >= 0.6 is 11.6 Å². The third kappa shape index (κ3) is 7.61. The molecule has 0 spiro atoms. The summed E-state index contributed by atoms with van der Waals surface area (Å²) in [6.07, 6.45) is 1.74. The van der Waals surface area contributed by atoms with Crippen LogP contribution in [0.5, 0.6) is 0 Å². The molecule has 3 aromatic rings. The predicted octanol–water partition coefficient (Wildman–Crippen LogP) is 5.49. The Balaban J connectivity index is 2.02. The van der Waals surface area contributed by atoms with Crippen molar-refractivity contribution < 1.29 is 18.0 Å². The second kappa shape index (κ2) is 13.6. The molecular formula is C30H36ClN3O4S. The van der Waals surface area contributed by atoms with Crippen LogP contribution in [0.1, 0.15) is 43.4 Å². The van der Waals surface area contributed by atoms with Gasteiger partial charge in [0.2, 0.25) is 11.8 Å². The van der Waals surface area contributed by atoms with Crippen LogP contribution < -0.4 is 9.62 Å². The van der Waals surface area contributed by atoms with E-state index in [2.05, 4.69) is 5.32 Å². The molecule has 9 heteroatoms. The van der Waals surface area contributed by atoms with Crippen LogP contribution in [0.15, 0.2) is 77.7 Å². The minimum absolute atomic E-state index is 0.0771. The summed E-state index contributed by atoms with van der Waals surface area (Å²) in [5.41, 5.74) is 2.83. The fraction of sp³-hybridized carbons (Fsp3) is 0.333. The molecule has 0 fully saturated rings. The van der Waals surface area contributed by atoms with Crippen LogP contribution in [0.2, 0.25) is 5.02 Å². The third-order valence-electron chi connectivity index (χ3n) is 6.72. The van der Waals surface area contributed by atoms with Crippen LogP contribution in [0.4, 0.5) is 5.69 Å². The molecule has 0 aliphatic carbocycles. The summed E-state index contributed by atoms with van der Waals surface area (Å²) in [6, 6.07) is 19.6. The Labute approximate surface area is 236 Å². The minimum Gasteiger partial charge on any atom is -0.354 e. The van der Waals surface area contributed by atoms with Crippen LogP contribution in [0.25, 0.3) is 0 Å². The number of hydrogen-bond donors (Lipinski definition) is 1. The number of aryl methyl sites for hydroxylation is 1. The summed E-state index contributed by atoms with van der Waals surface area (Å²) < 4.78 is 28.9. The van der Waals surface area contributed by atoms with Crippen molar-refractivity contribution in [3.63, 3.8) is 0 Å². The van der Waals surface area contributed by atoms with E-state index in [1.165, 1.54) is 17.0 Å². The monoisotopic (exact) mass is 569 g/mol. The number of hydrogen-bond acceptors (Lipinski definition) is 4. The van der Waals surface area contributed by atoms with Crippen molar-refractivity contribution in [1.29, 1.82) is 0 Å². The van der Waals surface area contributed by atoms with E-state index in [1.807, 2.05) is 26.8 Å². The number of halogens is 1. The quantitative estimate of drug-likeness (QED) is 0.292. The largest absolute Gasteiger partial charge is 0.354 e. The van der Waals surface area contributed by atoms with Gasteiger partial charge in [0.1, 0.15) is 12.6 Å². The van der Waals surface area contributed by atoms with E-state index in [9.17, 15) is 18.0 Å². The Morgan fingerprint density at radius 3 is 2.26 bits per heavy atom. The predicted molar refractivity (Wildman–Crippen MR) is 156 cm³/mol. The van der Waals surface area contributed by atoms with Crippen LogP contribution in [-0.2, 0) is 26.2 Å². The first-order valence-corrected chi connectivity index (χ1v) is 14.8. The van der Waals surface area contributed by atoms with Gasteiger partial charge in [0, 0.05) is 18.1 Å². The third-order valence-corrected chi connectivity index (χ3v) is 8.74. The molecule has 208 valence electrons.